The zero-order valence-corrected chi connectivity index (χ0v) is 12.4. The maximum atomic E-state index is 5.77. The second kappa shape index (κ2) is 6.12. The van der Waals surface area contributed by atoms with Gasteiger partial charge in [0.1, 0.15) is 5.82 Å². The number of nitrogens with zero attached hydrogens (tertiary/aromatic N) is 3. The third-order valence-corrected chi connectivity index (χ3v) is 3.63. The summed E-state index contributed by atoms with van der Waals surface area (Å²) < 4.78 is 0. The molecule has 0 saturated carbocycles. The van der Waals surface area contributed by atoms with Crippen molar-refractivity contribution in [3.8, 4) is 0 Å². The molecule has 102 valence electrons. The van der Waals surface area contributed by atoms with E-state index in [4.69, 9.17) is 10.7 Å². The van der Waals surface area contributed by atoms with E-state index in [-0.39, 0.29) is 0 Å². The summed E-state index contributed by atoms with van der Waals surface area (Å²) >= 11 is 1.61. The lowest BCUT2D eigenvalue weighted by Crippen LogP contribution is -2.19. The first-order chi connectivity index (χ1) is 9.10. The van der Waals surface area contributed by atoms with E-state index in [0.717, 1.165) is 29.3 Å². The number of aromatic nitrogens is 2. The fourth-order valence-electron chi connectivity index (χ4n) is 1.84. The normalized spacial score (nSPS) is 11.0. The zero-order chi connectivity index (χ0) is 13.8. The molecule has 5 heteroatoms. The van der Waals surface area contributed by atoms with Gasteiger partial charge in [0.15, 0.2) is 0 Å². The molecule has 2 heterocycles. The van der Waals surface area contributed by atoms with Crippen LogP contribution < -0.4 is 10.6 Å². The van der Waals surface area contributed by atoms with Gasteiger partial charge in [-0.1, -0.05) is 13.8 Å². The number of thiazole rings is 1. The predicted octanol–water partition coefficient (Wildman–Crippen LogP) is 2.76. The fourth-order valence-corrected chi connectivity index (χ4v) is 2.39. The molecule has 2 rings (SSSR count). The second-order valence-corrected chi connectivity index (χ2v) is 5.67. The van der Waals surface area contributed by atoms with Crippen molar-refractivity contribution >= 4 is 17.2 Å². The zero-order valence-electron chi connectivity index (χ0n) is 11.6. The second-order valence-electron chi connectivity index (χ2n) is 4.95. The molecule has 2 N–H and O–H groups in total. The van der Waals surface area contributed by atoms with Crippen LogP contribution >= 0.6 is 11.3 Å². The van der Waals surface area contributed by atoms with Crippen molar-refractivity contribution in [3.05, 3.63) is 40.0 Å². The molecular formula is C14H20N4S. The monoisotopic (exact) mass is 276 g/mol. The average Bonchev–Trinajstić information content (AvgIpc) is 2.90. The standard InChI is InChI=1S/C14H20N4S/c1-10(2)13-4-11(6-15)5-14(17-13)18(3)7-12-8-19-9-16-12/h4-5,8-10H,6-7,15H2,1-3H3. The number of pyridine rings is 1. The smallest absolute Gasteiger partial charge is 0.129 e. The van der Waals surface area contributed by atoms with Crippen LogP contribution in [0.25, 0.3) is 0 Å². The van der Waals surface area contributed by atoms with Crippen LogP contribution in [0.5, 0.6) is 0 Å². The largest absolute Gasteiger partial charge is 0.354 e. The molecule has 0 spiro atoms. The van der Waals surface area contributed by atoms with Gasteiger partial charge in [-0.25, -0.2) is 9.97 Å². The first kappa shape index (κ1) is 14.0. The van der Waals surface area contributed by atoms with Gasteiger partial charge in [-0.15, -0.1) is 11.3 Å². The van der Waals surface area contributed by atoms with Gasteiger partial charge in [0, 0.05) is 24.7 Å². The molecule has 2 aromatic rings. The number of nitrogens with two attached hydrogens (primary N) is 1. The maximum Gasteiger partial charge on any atom is 0.129 e. The maximum absolute atomic E-state index is 5.77. The molecule has 0 atom stereocenters. The SMILES string of the molecule is CC(C)c1cc(CN)cc(N(C)Cc2cscn2)n1. The van der Waals surface area contributed by atoms with Gasteiger partial charge in [-0.05, 0) is 23.6 Å². The number of hydrogen-bond acceptors (Lipinski definition) is 5. The predicted molar refractivity (Wildman–Crippen MR) is 80.4 cm³/mol. The van der Waals surface area contributed by atoms with E-state index in [9.17, 15) is 0 Å². The molecule has 0 amide bonds. The van der Waals surface area contributed by atoms with Crippen molar-refractivity contribution in [1.82, 2.24) is 9.97 Å². The molecule has 19 heavy (non-hydrogen) atoms. The van der Waals surface area contributed by atoms with Crippen molar-refractivity contribution in [3.63, 3.8) is 0 Å². The van der Waals surface area contributed by atoms with E-state index in [1.54, 1.807) is 11.3 Å². The van der Waals surface area contributed by atoms with Gasteiger partial charge in [-0.3, -0.25) is 0 Å². The number of rotatable bonds is 5. The lowest BCUT2D eigenvalue weighted by Gasteiger charge is -2.19. The number of anilines is 1. The average molecular weight is 276 g/mol. The first-order valence-electron chi connectivity index (χ1n) is 6.39. The Morgan fingerprint density at radius 3 is 2.74 bits per heavy atom. The third-order valence-electron chi connectivity index (χ3n) is 2.99. The van der Waals surface area contributed by atoms with Crippen LogP contribution in [0.1, 0.15) is 36.7 Å². The minimum atomic E-state index is 0.401. The van der Waals surface area contributed by atoms with E-state index in [2.05, 4.69) is 41.2 Å². The lowest BCUT2D eigenvalue weighted by atomic mass is 10.1. The van der Waals surface area contributed by atoms with Gasteiger partial charge in [0.2, 0.25) is 0 Å². The Balaban J connectivity index is 2.24. The van der Waals surface area contributed by atoms with Crippen molar-refractivity contribution in [2.45, 2.75) is 32.9 Å². The Labute approximate surface area is 118 Å². The summed E-state index contributed by atoms with van der Waals surface area (Å²) in [5, 5.41) is 2.06. The van der Waals surface area contributed by atoms with E-state index < -0.39 is 0 Å². The van der Waals surface area contributed by atoms with Crippen LogP contribution in [0.4, 0.5) is 5.82 Å². The minimum absolute atomic E-state index is 0.401. The highest BCUT2D eigenvalue weighted by molar-refractivity contribution is 7.07. The molecule has 4 nitrogen and oxygen atoms in total. The summed E-state index contributed by atoms with van der Waals surface area (Å²) in [5.74, 6) is 1.36. The van der Waals surface area contributed by atoms with Crippen molar-refractivity contribution < 1.29 is 0 Å². The van der Waals surface area contributed by atoms with E-state index in [0.29, 0.717) is 12.5 Å². The minimum Gasteiger partial charge on any atom is -0.354 e. The quantitative estimate of drug-likeness (QED) is 0.912. The van der Waals surface area contributed by atoms with Crippen LogP contribution in [0.3, 0.4) is 0 Å². The summed E-state index contributed by atoms with van der Waals surface area (Å²) in [6.07, 6.45) is 0. The molecule has 0 aliphatic rings. The first-order valence-corrected chi connectivity index (χ1v) is 7.33. The molecule has 0 bridgehead atoms. The molecule has 2 aromatic heterocycles. The van der Waals surface area contributed by atoms with Gasteiger partial charge < -0.3 is 10.6 Å². The number of hydrogen-bond donors (Lipinski definition) is 1. The molecule has 0 saturated heterocycles. The van der Waals surface area contributed by atoms with Crippen molar-refractivity contribution in [2.24, 2.45) is 5.73 Å². The van der Waals surface area contributed by atoms with Crippen LogP contribution in [0.15, 0.2) is 23.0 Å². The van der Waals surface area contributed by atoms with Gasteiger partial charge >= 0.3 is 0 Å². The van der Waals surface area contributed by atoms with Crippen LogP contribution in [-0.4, -0.2) is 17.0 Å². The van der Waals surface area contributed by atoms with Crippen molar-refractivity contribution in [2.75, 3.05) is 11.9 Å². The summed E-state index contributed by atoms with van der Waals surface area (Å²) in [4.78, 5) is 11.1. The highest BCUT2D eigenvalue weighted by Gasteiger charge is 2.10. The van der Waals surface area contributed by atoms with Crippen LogP contribution in [-0.2, 0) is 13.1 Å². The highest BCUT2D eigenvalue weighted by atomic mass is 32.1. The Morgan fingerprint density at radius 1 is 1.37 bits per heavy atom. The Morgan fingerprint density at radius 2 is 2.16 bits per heavy atom. The molecule has 0 radical (unpaired) electrons. The molecule has 0 unspecified atom stereocenters. The molecule has 0 fully saturated rings. The van der Waals surface area contributed by atoms with Gasteiger partial charge in [0.05, 0.1) is 17.7 Å². The third kappa shape index (κ3) is 3.52. The van der Waals surface area contributed by atoms with Crippen LogP contribution in [0.2, 0.25) is 0 Å². The Kier molecular flexibility index (Phi) is 4.50. The molecular weight excluding hydrogens is 256 g/mol. The summed E-state index contributed by atoms with van der Waals surface area (Å²) in [6, 6.07) is 4.14. The fraction of sp³-hybridized carbons (Fsp3) is 0.429. The Bertz CT molecular complexity index is 522. The highest BCUT2D eigenvalue weighted by Crippen LogP contribution is 2.20. The van der Waals surface area contributed by atoms with E-state index >= 15 is 0 Å². The summed E-state index contributed by atoms with van der Waals surface area (Å²) in [7, 11) is 2.03. The molecule has 0 aliphatic heterocycles. The molecule has 0 aliphatic carbocycles. The topological polar surface area (TPSA) is 55.0 Å². The van der Waals surface area contributed by atoms with E-state index in [1.807, 2.05) is 12.6 Å². The van der Waals surface area contributed by atoms with Crippen molar-refractivity contribution in [1.29, 1.82) is 0 Å². The summed E-state index contributed by atoms with van der Waals surface area (Å²) in [6.45, 7) is 5.60. The molecule has 0 aromatic carbocycles. The van der Waals surface area contributed by atoms with E-state index in [1.165, 1.54) is 0 Å². The Hall–Kier alpha value is -1.46. The lowest BCUT2D eigenvalue weighted by molar-refractivity contribution is 0.796. The van der Waals surface area contributed by atoms with Gasteiger partial charge in [0.25, 0.3) is 0 Å². The van der Waals surface area contributed by atoms with Crippen LogP contribution in [0, 0.1) is 0 Å². The summed E-state index contributed by atoms with van der Waals surface area (Å²) in [5.41, 5.74) is 10.9. The van der Waals surface area contributed by atoms with Gasteiger partial charge in [-0.2, -0.15) is 0 Å².